The van der Waals surface area contributed by atoms with Crippen molar-refractivity contribution in [2.24, 2.45) is 0 Å². The lowest BCUT2D eigenvalue weighted by molar-refractivity contribution is 0.0597. The second-order valence-electron chi connectivity index (χ2n) is 7.09. The van der Waals surface area contributed by atoms with Crippen molar-refractivity contribution in [1.82, 2.24) is 14.8 Å². The number of aromatic nitrogens is 1. The molecule has 1 saturated heterocycles. The van der Waals surface area contributed by atoms with Gasteiger partial charge in [0.1, 0.15) is 0 Å². The van der Waals surface area contributed by atoms with Crippen LogP contribution in [-0.2, 0) is 0 Å². The highest BCUT2D eigenvalue weighted by molar-refractivity contribution is 9.10. The molecule has 1 fully saturated rings. The minimum absolute atomic E-state index is 0.0254. The number of amides is 1. The number of rotatable bonds is 4. The molecule has 0 radical (unpaired) electrons. The minimum atomic E-state index is 0.0254. The SMILES string of the molecule is O=C(c1cncc(Br)c1)N1CCN(C(c2ccccc2)c2cccc(Cl)c2)CC1. The molecule has 0 saturated carbocycles. The quantitative estimate of drug-likeness (QED) is 0.536. The molecular weight excluding hydrogens is 450 g/mol. The van der Waals surface area contributed by atoms with E-state index in [1.54, 1.807) is 12.4 Å². The summed E-state index contributed by atoms with van der Waals surface area (Å²) in [6, 6.07) is 20.4. The molecule has 1 atom stereocenters. The summed E-state index contributed by atoms with van der Waals surface area (Å²) in [4.78, 5) is 21.3. The standard InChI is InChI=1S/C23H21BrClN3O/c24-20-13-19(15-26-16-20)23(29)28-11-9-27(10-12-28)22(17-5-2-1-3-6-17)18-7-4-8-21(25)14-18/h1-8,13-16,22H,9-12H2. The average Bonchev–Trinajstić information content (AvgIpc) is 2.75. The van der Waals surface area contributed by atoms with Crippen molar-refractivity contribution in [1.29, 1.82) is 0 Å². The van der Waals surface area contributed by atoms with Gasteiger partial charge in [-0.15, -0.1) is 0 Å². The topological polar surface area (TPSA) is 36.4 Å². The van der Waals surface area contributed by atoms with Gasteiger partial charge in [0.2, 0.25) is 0 Å². The number of pyridine rings is 1. The van der Waals surface area contributed by atoms with E-state index in [4.69, 9.17) is 11.6 Å². The van der Waals surface area contributed by atoms with E-state index < -0.39 is 0 Å². The number of halogens is 2. The van der Waals surface area contributed by atoms with E-state index in [1.807, 2.05) is 35.2 Å². The third kappa shape index (κ3) is 4.69. The molecule has 148 valence electrons. The van der Waals surface area contributed by atoms with Crippen LogP contribution in [0.5, 0.6) is 0 Å². The number of hydrogen-bond donors (Lipinski definition) is 0. The highest BCUT2D eigenvalue weighted by Crippen LogP contribution is 2.31. The zero-order chi connectivity index (χ0) is 20.2. The van der Waals surface area contributed by atoms with E-state index in [-0.39, 0.29) is 11.9 Å². The summed E-state index contributed by atoms with van der Waals surface area (Å²) in [6.07, 6.45) is 3.31. The fourth-order valence-electron chi connectivity index (χ4n) is 3.82. The molecule has 1 aliphatic heterocycles. The molecule has 0 bridgehead atoms. The van der Waals surface area contributed by atoms with Crippen LogP contribution in [0.4, 0.5) is 0 Å². The lowest BCUT2D eigenvalue weighted by Crippen LogP contribution is -2.49. The lowest BCUT2D eigenvalue weighted by atomic mass is 9.96. The maximum absolute atomic E-state index is 12.8. The minimum Gasteiger partial charge on any atom is -0.336 e. The van der Waals surface area contributed by atoms with Crippen LogP contribution in [0.1, 0.15) is 27.5 Å². The van der Waals surface area contributed by atoms with Crippen LogP contribution < -0.4 is 0 Å². The van der Waals surface area contributed by atoms with Crippen LogP contribution in [0.2, 0.25) is 5.02 Å². The molecular formula is C23H21BrClN3O. The summed E-state index contributed by atoms with van der Waals surface area (Å²) in [5, 5.41) is 0.736. The van der Waals surface area contributed by atoms with Gasteiger partial charge in [-0.25, -0.2) is 0 Å². The van der Waals surface area contributed by atoms with E-state index in [2.05, 4.69) is 56.1 Å². The Hall–Kier alpha value is -2.21. The van der Waals surface area contributed by atoms with Crippen molar-refractivity contribution in [2.45, 2.75) is 6.04 Å². The zero-order valence-corrected chi connectivity index (χ0v) is 18.2. The molecule has 29 heavy (non-hydrogen) atoms. The van der Waals surface area contributed by atoms with E-state index in [0.717, 1.165) is 22.6 Å². The van der Waals surface area contributed by atoms with Crippen molar-refractivity contribution in [2.75, 3.05) is 26.2 Å². The fourth-order valence-corrected chi connectivity index (χ4v) is 4.38. The van der Waals surface area contributed by atoms with Gasteiger partial charge in [-0.05, 0) is 45.3 Å². The van der Waals surface area contributed by atoms with Gasteiger partial charge in [0, 0.05) is 48.1 Å². The summed E-state index contributed by atoms with van der Waals surface area (Å²) < 4.78 is 0.812. The first kappa shape index (κ1) is 20.1. The van der Waals surface area contributed by atoms with Gasteiger partial charge in [-0.3, -0.25) is 14.7 Å². The van der Waals surface area contributed by atoms with Crippen molar-refractivity contribution in [3.8, 4) is 0 Å². The van der Waals surface area contributed by atoms with Gasteiger partial charge in [-0.1, -0.05) is 54.1 Å². The number of hydrogen-bond acceptors (Lipinski definition) is 3. The molecule has 3 aromatic rings. The first-order valence-electron chi connectivity index (χ1n) is 9.56. The summed E-state index contributed by atoms with van der Waals surface area (Å²) in [5.74, 6) is 0.0254. The van der Waals surface area contributed by atoms with E-state index in [0.29, 0.717) is 18.7 Å². The predicted molar refractivity (Wildman–Crippen MR) is 119 cm³/mol. The van der Waals surface area contributed by atoms with Crippen molar-refractivity contribution in [3.05, 3.63) is 99.2 Å². The van der Waals surface area contributed by atoms with Gasteiger partial charge in [0.25, 0.3) is 5.91 Å². The Bertz CT molecular complexity index is 990. The molecule has 1 amide bonds. The largest absolute Gasteiger partial charge is 0.336 e. The van der Waals surface area contributed by atoms with Crippen molar-refractivity contribution >= 4 is 33.4 Å². The van der Waals surface area contributed by atoms with E-state index in [1.165, 1.54) is 11.1 Å². The number of nitrogens with zero attached hydrogens (tertiary/aromatic N) is 3. The van der Waals surface area contributed by atoms with Crippen molar-refractivity contribution in [3.63, 3.8) is 0 Å². The van der Waals surface area contributed by atoms with Gasteiger partial charge >= 0.3 is 0 Å². The molecule has 0 aliphatic carbocycles. The Kier molecular flexibility index (Phi) is 6.28. The predicted octanol–water partition coefficient (Wildman–Crippen LogP) is 5.04. The summed E-state index contributed by atoms with van der Waals surface area (Å²) in [7, 11) is 0. The second kappa shape index (κ2) is 9.08. The Balaban J connectivity index is 1.53. The van der Waals surface area contributed by atoms with Gasteiger partial charge in [-0.2, -0.15) is 0 Å². The highest BCUT2D eigenvalue weighted by atomic mass is 79.9. The van der Waals surface area contributed by atoms with Crippen LogP contribution in [0.15, 0.2) is 77.5 Å². The molecule has 0 N–H and O–H groups in total. The summed E-state index contributed by atoms with van der Waals surface area (Å²) in [6.45, 7) is 2.93. The Morgan fingerprint density at radius 1 is 0.931 bits per heavy atom. The fraction of sp³-hybridized carbons (Fsp3) is 0.217. The van der Waals surface area contributed by atoms with Crippen LogP contribution >= 0.6 is 27.5 Å². The smallest absolute Gasteiger partial charge is 0.255 e. The zero-order valence-electron chi connectivity index (χ0n) is 15.8. The van der Waals surface area contributed by atoms with Crippen molar-refractivity contribution < 1.29 is 4.79 Å². The van der Waals surface area contributed by atoms with E-state index >= 15 is 0 Å². The molecule has 0 spiro atoms. The van der Waals surface area contributed by atoms with Crippen LogP contribution in [0.25, 0.3) is 0 Å². The van der Waals surface area contributed by atoms with E-state index in [9.17, 15) is 4.79 Å². The van der Waals surface area contributed by atoms with Crippen LogP contribution in [0.3, 0.4) is 0 Å². The summed E-state index contributed by atoms with van der Waals surface area (Å²) in [5.41, 5.74) is 3.01. The highest BCUT2D eigenvalue weighted by Gasteiger charge is 2.28. The maximum atomic E-state index is 12.8. The number of piperazine rings is 1. The molecule has 6 heteroatoms. The third-order valence-corrected chi connectivity index (χ3v) is 5.87. The number of carbonyl (C=O) groups excluding carboxylic acids is 1. The molecule has 2 aromatic carbocycles. The lowest BCUT2D eigenvalue weighted by Gasteiger charge is -2.39. The molecule has 4 rings (SSSR count). The normalized spacial score (nSPS) is 15.9. The third-order valence-electron chi connectivity index (χ3n) is 5.20. The second-order valence-corrected chi connectivity index (χ2v) is 8.44. The summed E-state index contributed by atoms with van der Waals surface area (Å²) >= 11 is 9.67. The number of carbonyl (C=O) groups is 1. The molecule has 1 unspecified atom stereocenters. The molecule has 2 heterocycles. The first-order valence-corrected chi connectivity index (χ1v) is 10.7. The molecule has 1 aliphatic rings. The Labute approximate surface area is 184 Å². The van der Waals surface area contributed by atoms with Crippen LogP contribution in [0, 0.1) is 0 Å². The monoisotopic (exact) mass is 469 g/mol. The van der Waals surface area contributed by atoms with Gasteiger partial charge < -0.3 is 4.90 Å². The Morgan fingerprint density at radius 2 is 1.66 bits per heavy atom. The maximum Gasteiger partial charge on any atom is 0.255 e. The van der Waals surface area contributed by atoms with Crippen LogP contribution in [-0.4, -0.2) is 46.9 Å². The average molecular weight is 471 g/mol. The number of benzene rings is 2. The van der Waals surface area contributed by atoms with Gasteiger partial charge in [0.15, 0.2) is 0 Å². The molecule has 1 aromatic heterocycles. The Morgan fingerprint density at radius 3 is 2.34 bits per heavy atom. The molecule has 4 nitrogen and oxygen atoms in total. The van der Waals surface area contributed by atoms with Gasteiger partial charge in [0.05, 0.1) is 11.6 Å². The first-order chi connectivity index (χ1) is 14.1.